The van der Waals surface area contributed by atoms with Gasteiger partial charge in [0.2, 0.25) is 11.8 Å². The van der Waals surface area contributed by atoms with Gasteiger partial charge < -0.3 is 19.7 Å². The minimum atomic E-state index is -4.12. The number of carbonyl (C=O) groups is 2. The summed E-state index contributed by atoms with van der Waals surface area (Å²) in [4.78, 5) is 28.2. The predicted octanol–water partition coefficient (Wildman–Crippen LogP) is 3.84. The Balaban J connectivity index is 2.00. The van der Waals surface area contributed by atoms with E-state index in [1.165, 1.54) is 24.1 Å². The normalized spacial score (nSPS) is 11.8. The predicted molar refractivity (Wildman–Crippen MR) is 150 cm³/mol. The summed E-state index contributed by atoms with van der Waals surface area (Å²) in [6.45, 7) is 3.63. The van der Waals surface area contributed by atoms with E-state index in [0.29, 0.717) is 23.7 Å². The van der Waals surface area contributed by atoms with Crippen LogP contribution in [-0.4, -0.2) is 58.5 Å². The standard InChI is InChI=1S/C29H35N3O6S/c1-5-19-30-29(34)22(2)31(20-23-11-15-25(37-3)16-12-23)28(33)21-32(24-13-17-26(38-4)18-14-24)39(35,36)27-9-7-6-8-10-27/h6-18,22H,5,19-21H2,1-4H3,(H,30,34)/t22-/m1/s1. The van der Waals surface area contributed by atoms with Crippen molar-refractivity contribution in [1.29, 1.82) is 0 Å². The number of hydrogen-bond donors (Lipinski definition) is 1. The van der Waals surface area contributed by atoms with Gasteiger partial charge in [0.1, 0.15) is 24.1 Å². The van der Waals surface area contributed by atoms with E-state index in [1.807, 2.05) is 6.92 Å². The second-order valence-electron chi connectivity index (χ2n) is 8.86. The molecule has 0 aliphatic rings. The minimum Gasteiger partial charge on any atom is -0.497 e. The molecular formula is C29H35N3O6S. The quantitative estimate of drug-likeness (QED) is 0.345. The fourth-order valence-electron chi connectivity index (χ4n) is 3.90. The highest BCUT2D eigenvalue weighted by molar-refractivity contribution is 7.92. The van der Waals surface area contributed by atoms with Gasteiger partial charge in [-0.2, -0.15) is 0 Å². The number of nitrogens with one attached hydrogen (secondary N) is 1. The Morgan fingerprint density at radius 2 is 1.44 bits per heavy atom. The molecule has 0 fully saturated rings. The van der Waals surface area contributed by atoms with Crippen LogP contribution < -0.4 is 19.1 Å². The number of methoxy groups -OCH3 is 2. The fourth-order valence-corrected chi connectivity index (χ4v) is 5.34. The van der Waals surface area contributed by atoms with Crippen molar-refractivity contribution in [2.45, 2.75) is 37.8 Å². The van der Waals surface area contributed by atoms with Gasteiger partial charge in [-0.05, 0) is 67.4 Å². The second kappa shape index (κ2) is 13.7. The first-order valence-corrected chi connectivity index (χ1v) is 14.1. The molecule has 0 radical (unpaired) electrons. The van der Waals surface area contributed by atoms with E-state index < -0.39 is 28.5 Å². The lowest BCUT2D eigenvalue weighted by molar-refractivity contribution is -0.139. The van der Waals surface area contributed by atoms with Crippen LogP contribution in [0.5, 0.6) is 11.5 Å². The Morgan fingerprint density at radius 1 is 0.872 bits per heavy atom. The third kappa shape index (κ3) is 7.51. The van der Waals surface area contributed by atoms with Crippen LogP contribution in [0.4, 0.5) is 5.69 Å². The summed E-state index contributed by atoms with van der Waals surface area (Å²) in [5.41, 5.74) is 1.06. The summed E-state index contributed by atoms with van der Waals surface area (Å²) in [6.07, 6.45) is 0.742. The van der Waals surface area contributed by atoms with Crippen LogP contribution in [-0.2, 0) is 26.2 Å². The molecule has 1 atom stereocenters. The average Bonchev–Trinajstić information content (AvgIpc) is 2.97. The zero-order valence-electron chi connectivity index (χ0n) is 22.7. The SMILES string of the molecule is CCCNC(=O)[C@@H](C)N(Cc1ccc(OC)cc1)C(=O)CN(c1ccc(OC)cc1)S(=O)(=O)c1ccccc1. The van der Waals surface area contributed by atoms with E-state index in [2.05, 4.69) is 5.32 Å². The molecule has 208 valence electrons. The van der Waals surface area contributed by atoms with Crippen LogP contribution in [0.15, 0.2) is 83.8 Å². The van der Waals surface area contributed by atoms with Crippen molar-refractivity contribution in [2.75, 3.05) is 31.6 Å². The zero-order valence-corrected chi connectivity index (χ0v) is 23.5. The molecule has 1 N–H and O–H groups in total. The first-order chi connectivity index (χ1) is 18.7. The summed E-state index contributed by atoms with van der Waals surface area (Å²) < 4.78 is 39.0. The Hall–Kier alpha value is -4.05. The molecule has 39 heavy (non-hydrogen) atoms. The molecule has 0 aliphatic heterocycles. The molecule has 0 saturated heterocycles. The second-order valence-corrected chi connectivity index (χ2v) is 10.7. The highest BCUT2D eigenvalue weighted by Gasteiger charge is 2.32. The smallest absolute Gasteiger partial charge is 0.264 e. The van der Waals surface area contributed by atoms with E-state index in [4.69, 9.17) is 9.47 Å². The number of benzene rings is 3. The molecule has 0 bridgehead atoms. The Morgan fingerprint density at radius 3 is 1.97 bits per heavy atom. The van der Waals surface area contributed by atoms with Gasteiger partial charge in [-0.25, -0.2) is 8.42 Å². The van der Waals surface area contributed by atoms with Crippen LogP contribution in [0.1, 0.15) is 25.8 Å². The molecule has 0 heterocycles. The van der Waals surface area contributed by atoms with Crippen LogP contribution >= 0.6 is 0 Å². The summed E-state index contributed by atoms with van der Waals surface area (Å²) in [5, 5.41) is 2.83. The van der Waals surface area contributed by atoms with E-state index >= 15 is 0 Å². The Kier molecular flexibility index (Phi) is 10.3. The molecule has 3 aromatic carbocycles. The van der Waals surface area contributed by atoms with Crippen LogP contribution in [0.2, 0.25) is 0 Å². The molecule has 10 heteroatoms. The minimum absolute atomic E-state index is 0.0454. The molecule has 2 amide bonds. The zero-order chi connectivity index (χ0) is 28.4. The summed E-state index contributed by atoms with van der Waals surface area (Å²) in [7, 11) is -1.04. The van der Waals surface area contributed by atoms with Gasteiger partial charge in [0.25, 0.3) is 10.0 Å². The van der Waals surface area contributed by atoms with E-state index in [9.17, 15) is 18.0 Å². The number of rotatable bonds is 13. The topological polar surface area (TPSA) is 105 Å². The molecular weight excluding hydrogens is 518 g/mol. The number of ether oxygens (including phenoxy) is 2. The van der Waals surface area contributed by atoms with Gasteiger partial charge in [-0.15, -0.1) is 0 Å². The highest BCUT2D eigenvalue weighted by Crippen LogP contribution is 2.26. The summed E-state index contributed by atoms with van der Waals surface area (Å²) in [5.74, 6) is 0.357. The first kappa shape index (κ1) is 29.5. The van der Waals surface area contributed by atoms with Crippen molar-refractivity contribution in [1.82, 2.24) is 10.2 Å². The number of nitrogens with zero attached hydrogens (tertiary/aromatic N) is 2. The number of hydrogen-bond acceptors (Lipinski definition) is 6. The molecule has 3 aromatic rings. The lowest BCUT2D eigenvalue weighted by Crippen LogP contribution is -2.51. The highest BCUT2D eigenvalue weighted by atomic mass is 32.2. The van der Waals surface area contributed by atoms with Crippen molar-refractivity contribution in [2.24, 2.45) is 0 Å². The maximum atomic E-state index is 13.9. The molecule has 0 aliphatic carbocycles. The first-order valence-electron chi connectivity index (χ1n) is 12.6. The lowest BCUT2D eigenvalue weighted by atomic mass is 10.1. The number of sulfonamides is 1. The van der Waals surface area contributed by atoms with Crippen molar-refractivity contribution in [3.05, 3.63) is 84.4 Å². The van der Waals surface area contributed by atoms with Crippen LogP contribution in [0, 0.1) is 0 Å². The molecule has 0 aromatic heterocycles. The number of anilines is 1. The van der Waals surface area contributed by atoms with Crippen LogP contribution in [0.3, 0.4) is 0 Å². The van der Waals surface area contributed by atoms with Crippen LogP contribution in [0.25, 0.3) is 0 Å². The average molecular weight is 554 g/mol. The van der Waals surface area contributed by atoms with Crippen molar-refractivity contribution in [3.8, 4) is 11.5 Å². The summed E-state index contributed by atoms with van der Waals surface area (Å²) in [6, 6.07) is 20.6. The molecule has 0 spiro atoms. The number of carbonyl (C=O) groups excluding carboxylic acids is 2. The van der Waals surface area contributed by atoms with Crippen molar-refractivity contribution < 1.29 is 27.5 Å². The van der Waals surface area contributed by atoms with Gasteiger partial charge in [0, 0.05) is 13.1 Å². The van der Waals surface area contributed by atoms with Gasteiger partial charge >= 0.3 is 0 Å². The third-order valence-corrected chi connectivity index (χ3v) is 7.99. The molecule has 9 nitrogen and oxygen atoms in total. The maximum absolute atomic E-state index is 13.9. The van der Waals surface area contributed by atoms with E-state index in [-0.39, 0.29) is 17.3 Å². The van der Waals surface area contributed by atoms with Crippen molar-refractivity contribution >= 4 is 27.5 Å². The third-order valence-electron chi connectivity index (χ3n) is 6.20. The number of amides is 2. The largest absolute Gasteiger partial charge is 0.497 e. The van der Waals surface area contributed by atoms with E-state index in [1.54, 1.807) is 80.8 Å². The van der Waals surface area contributed by atoms with Gasteiger partial charge in [-0.3, -0.25) is 13.9 Å². The lowest BCUT2D eigenvalue weighted by Gasteiger charge is -2.32. The Labute approximate surface area is 230 Å². The monoisotopic (exact) mass is 553 g/mol. The molecule has 0 saturated carbocycles. The fraction of sp³-hybridized carbons (Fsp3) is 0.310. The van der Waals surface area contributed by atoms with Crippen molar-refractivity contribution in [3.63, 3.8) is 0 Å². The van der Waals surface area contributed by atoms with Gasteiger partial charge in [0.15, 0.2) is 0 Å². The van der Waals surface area contributed by atoms with Gasteiger partial charge in [0.05, 0.1) is 24.8 Å². The maximum Gasteiger partial charge on any atom is 0.264 e. The Bertz CT molecular complexity index is 1330. The molecule has 3 rings (SSSR count). The van der Waals surface area contributed by atoms with E-state index in [0.717, 1.165) is 16.3 Å². The van der Waals surface area contributed by atoms with Gasteiger partial charge in [-0.1, -0.05) is 37.3 Å². The molecule has 0 unspecified atom stereocenters. The summed E-state index contributed by atoms with van der Waals surface area (Å²) >= 11 is 0.